The van der Waals surface area contributed by atoms with Crippen molar-refractivity contribution in [2.75, 3.05) is 0 Å². The SMILES string of the molecule is Cc1cc(C)c(Oc2ncccn2)cc1Br. The Labute approximate surface area is 103 Å². The molecule has 0 fully saturated rings. The molecule has 0 unspecified atom stereocenters. The molecular formula is C12H11BrN2O. The molecule has 0 spiro atoms. The highest BCUT2D eigenvalue weighted by molar-refractivity contribution is 9.10. The zero-order chi connectivity index (χ0) is 11.5. The molecule has 0 radical (unpaired) electrons. The van der Waals surface area contributed by atoms with E-state index in [1.807, 2.05) is 19.9 Å². The van der Waals surface area contributed by atoms with Crippen molar-refractivity contribution in [3.05, 3.63) is 46.2 Å². The van der Waals surface area contributed by atoms with Gasteiger partial charge in [-0.1, -0.05) is 22.0 Å². The van der Waals surface area contributed by atoms with Crippen molar-refractivity contribution in [1.29, 1.82) is 0 Å². The molecule has 2 aromatic rings. The summed E-state index contributed by atoms with van der Waals surface area (Å²) in [5.41, 5.74) is 2.24. The molecule has 0 aliphatic rings. The van der Waals surface area contributed by atoms with E-state index in [9.17, 15) is 0 Å². The van der Waals surface area contributed by atoms with Crippen molar-refractivity contribution in [3.8, 4) is 11.8 Å². The molecule has 2 rings (SSSR count). The lowest BCUT2D eigenvalue weighted by atomic mass is 10.1. The Kier molecular flexibility index (Phi) is 3.19. The van der Waals surface area contributed by atoms with Crippen molar-refractivity contribution >= 4 is 15.9 Å². The molecule has 3 nitrogen and oxygen atoms in total. The summed E-state index contributed by atoms with van der Waals surface area (Å²) in [6, 6.07) is 6.11. The van der Waals surface area contributed by atoms with E-state index in [2.05, 4.69) is 32.0 Å². The lowest BCUT2D eigenvalue weighted by molar-refractivity contribution is 0.438. The van der Waals surface area contributed by atoms with Crippen LogP contribution in [0.4, 0.5) is 0 Å². The Hall–Kier alpha value is -1.42. The highest BCUT2D eigenvalue weighted by atomic mass is 79.9. The lowest BCUT2D eigenvalue weighted by Crippen LogP contribution is -1.93. The summed E-state index contributed by atoms with van der Waals surface area (Å²) >= 11 is 3.47. The van der Waals surface area contributed by atoms with E-state index >= 15 is 0 Å². The summed E-state index contributed by atoms with van der Waals surface area (Å²) in [5.74, 6) is 0.767. The summed E-state index contributed by atoms with van der Waals surface area (Å²) in [7, 11) is 0. The fourth-order valence-corrected chi connectivity index (χ4v) is 1.68. The fourth-order valence-electron chi connectivity index (χ4n) is 1.35. The molecule has 0 aliphatic carbocycles. The van der Waals surface area contributed by atoms with E-state index in [1.165, 1.54) is 5.56 Å². The van der Waals surface area contributed by atoms with Gasteiger partial charge in [-0.2, -0.15) is 0 Å². The van der Waals surface area contributed by atoms with Crippen LogP contribution in [0, 0.1) is 13.8 Å². The van der Waals surface area contributed by atoms with Gasteiger partial charge in [-0.25, -0.2) is 9.97 Å². The summed E-state index contributed by atoms with van der Waals surface area (Å²) in [6.07, 6.45) is 3.31. The van der Waals surface area contributed by atoms with Gasteiger partial charge in [0.2, 0.25) is 0 Å². The smallest absolute Gasteiger partial charge is 0.321 e. The average Bonchev–Trinajstić information content (AvgIpc) is 2.27. The maximum Gasteiger partial charge on any atom is 0.321 e. The van der Waals surface area contributed by atoms with E-state index in [-0.39, 0.29) is 0 Å². The van der Waals surface area contributed by atoms with Gasteiger partial charge >= 0.3 is 6.01 Å². The first kappa shape index (κ1) is 11.1. The summed E-state index contributed by atoms with van der Waals surface area (Å²) in [6.45, 7) is 4.04. The van der Waals surface area contributed by atoms with Crippen LogP contribution in [-0.4, -0.2) is 9.97 Å². The monoisotopic (exact) mass is 278 g/mol. The van der Waals surface area contributed by atoms with Gasteiger partial charge < -0.3 is 4.74 Å². The van der Waals surface area contributed by atoms with Crippen LogP contribution in [0.15, 0.2) is 35.1 Å². The third kappa shape index (κ3) is 2.39. The van der Waals surface area contributed by atoms with Crippen LogP contribution < -0.4 is 4.74 Å². The van der Waals surface area contributed by atoms with E-state index < -0.39 is 0 Å². The molecule has 0 N–H and O–H groups in total. The van der Waals surface area contributed by atoms with Crippen molar-refractivity contribution < 1.29 is 4.74 Å². The fraction of sp³-hybridized carbons (Fsp3) is 0.167. The lowest BCUT2D eigenvalue weighted by Gasteiger charge is -2.08. The second-order valence-electron chi connectivity index (χ2n) is 3.50. The Bertz CT molecular complexity index is 500. The molecule has 16 heavy (non-hydrogen) atoms. The van der Waals surface area contributed by atoms with Crippen molar-refractivity contribution in [2.24, 2.45) is 0 Å². The van der Waals surface area contributed by atoms with Gasteiger partial charge in [-0.15, -0.1) is 0 Å². The molecule has 1 heterocycles. The predicted molar refractivity (Wildman–Crippen MR) is 65.7 cm³/mol. The quantitative estimate of drug-likeness (QED) is 0.841. The van der Waals surface area contributed by atoms with Gasteiger partial charge in [0.25, 0.3) is 0 Å². The molecule has 0 atom stereocenters. The largest absolute Gasteiger partial charge is 0.424 e. The van der Waals surface area contributed by atoms with Gasteiger partial charge in [0.15, 0.2) is 0 Å². The molecular weight excluding hydrogens is 268 g/mol. The minimum absolute atomic E-state index is 0.362. The van der Waals surface area contributed by atoms with Gasteiger partial charge in [0.05, 0.1) is 0 Å². The number of benzene rings is 1. The maximum atomic E-state index is 5.59. The third-order valence-electron chi connectivity index (χ3n) is 2.20. The number of rotatable bonds is 2. The summed E-state index contributed by atoms with van der Waals surface area (Å²) in [4.78, 5) is 8.04. The molecule has 0 bridgehead atoms. The number of ether oxygens (including phenoxy) is 1. The topological polar surface area (TPSA) is 35.0 Å². The Balaban J connectivity index is 2.32. The molecule has 0 saturated heterocycles. The number of nitrogens with zero attached hydrogens (tertiary/aromatic N) is 2. The van der Waals surface area contributed by atoms with Crippen molar-refractivity contribution in [2.45, 2.75) is 13.8 Å². The predicted octanol–water partition coefficient (Wildman–Crippen LogP) is 3.65. The van der Waals surface area contributed by atoms with Crippen molar-refractivity contribution in [3.63, 3.8) is 0 Å². The molecule has 0 saturated carbocycles. The summed E-state index contributed by atoms with van der Waals surface area (Å²) < 4.78 is 6.61. The van der Waals surface area contributed by atoms with Crippen LogP contribution in [0.3, 0.4) is 0 Å². The van der Waals surface area contributed by atoms with Crippen LogP contribution in [0.25, 0.3) is 0 Å². The first-order chi connectivity index (χ1) is 7.66. The minimum atomic E-state index is 0.362. The van der Waals surface area contributed by atoms with Crippen LogP contribution in [0.2, 0.25) is 0 Å². The molecule has 4 heteroatoms. The zero-order valence-electron chi connectivity index (χ0n) is 9.07. The molecule has 82 valence electrons. The number of aromatic nitrogens is 2. The molecule has 0 aliphatic heterocycles. The Morgan fingerprint density at radius 2 is 1.75 bits per heavy atom. The van der Waals surface area contributed by atoms with E-state index in [1.54, 1.807) is 18.5 Å². The maximum absolute atomic E-state index is 5.59. The molecule has 1 aromatic heterocycles. The number of aryl methyl sites for hydroxylation is 2. The van der Waals surface area contributed by atoms with Gasteiger partial charge in [-0.3, -0.25) is 0 Å². The number of halogens is 1. The zero-order valence-corrected chi connectivity index (χ0v) is 10.7. The second kappa shape index (κ2) is 4.61. The van der Waals surface area contributed by atoms with E-state index in [0.29, 0.717) is 6.01 Å². The van der Waals surface area contributed by atoms with Gasteiger partial charge in [0, 0.05) is 16.9 Å². The van der Waals surface area contributed by atoms with Crippen LogP contribution >= 0.6 is 15.9 Å². The number of hydrogen-bond donors (Lipinski definition) is 0. The normalized spacial score (nSPS) is 10.2. The van der Waals surface area contributed by atoms with E-state index in [0.717, 1.165) is 15.8 Å². The molecule has 0 amide bonds. The highest BCUT2D eigenvalue weighted by Gasteiger charge is 2.06. The Morgan fingerprint density at radius 1 is 1.06 bits per heavy atom. The first-order valence-electron chi connectivity index (χ1n) is 4.88. The summed E-state index contributed by atoms with van der Waals surface area (Å²) in [5, 5.41) is 0. The van der Waals surface area contributed by atoms with Crippen LogP contribution in [0.1, 0.15) is 11.1 Å². The second-order valence-corrected chi connectivity index (χ2v) is 4.35. The average molecular weight is 279 g/mol. The molecule has 1 aromatic carbocycles. The highest BCUT2D eigenvalue weighted by Crippen LogP contribution is 2.28. The number of hydrogen-bond acceptors (Lipinski definition) is 3. The third-order valence-corrected chi connectivity index (χ3v) is 3.05. The Morgan fingerprint density at radius 3 is 2.44 bits per heavy atom. The van der Waals surface area contributed by atoms with E-state index in [4.69, 9.17) is 4.74 Å². The van der Waals surface area contributed by atoms with Crippen LogP contribution in [0.5, 0.6) is 11.8 Å². The van der Waals surface area contributed by atoms with Crippen molar-refractivity contribution in [1.82, 2.24) is 9.97 Å². The standard InChI is InChI=1S/C12H11BrN2O/c1-8-6-9(2)11(7-10(8)13)16-12-14-4-3-5-15-12/h3-7H,1-2H3. The van der Waals surface area contributed by atoms with Gasteiger partial charge in [-0.05, 0) is 37.1 Å². The van der Waals surface area contributed by atoms with Gasteiger partial charge in [0.1, 0.15) is 5.75 Å². The first-order valence-corrected chi connectivity index (χ1v) is 5.68. The minimum Gasteiger partial charge on any atom is -0.424 e. The van der Waals surface area contributed by atoms with Crippen LogP contribution in [-0.2, 0) is 0 Å².